The van der Waals surface area contributed by atoms with Gasteiger partial charge in [0.05, 0.1) is 11.6 Å². The summed E-state index contributed by atoms with van der Waals surface area (Å²) in [5.74, 6) is -0.152. The maximum atomic E-state index is 10.5. The zero-order chi connectivity index (χ0) is 20.9. The smallest absolute Gasteiger partial charge is 0.149 e. The van der Waals surface area contributed by atoms with Gasteiger partial charge in [0.15, 0.2) is 0 Å². The molecule has 142 valence electrons. The minimum Gasteiger partial charge on any atom is -0.506 e. The Hall–Kier alpha value is -3.71. The number of allylic oxidation sites excluding steroid dienone is 10. The van der Waals surface area contributed by atoms with Crippen LogP contribution in [0, 0.1) is 16.2 Å². The van der Waals surface area contributed by atoms with E-state index in [9.17, 15) is 10.0 Å². The van der Waals surface area contributed by atoms with Gasteiger partial charge >= 0.3 is 0 Å². The molecule has 0 amide bonds. The Balaban J connectivity index is 2.57. The molecule has 0 aliphatic rings. The van der Waals surface area contributed by atoms with Gasteiger partial charge in [-0.05, 0) is 54.3 Å². The van der Waals surface area contributed by atoms with E-state index in [-0.39, 0.29) is 11.4 Å². The van der Waals surface area contributed by atoms with Crippen LogP contribution >= 0.6 is 0 Å². The van der Waals surface area contributed by atoms with Crippen molar-refractivity contribution in [2.24, 2.45) is 5.18 Å². The normalized spacial score (nSPS) is 12.1. The van der Waals surface area contributed by atoms with Crippen molar-refractivity contribution in [2.45, 2.75) is 19.8 Å². The van der Waals surface area contributed by atoms with Crippen LogP contribution in [0.25, 0.3) is 6.08 Å². The van der Waals surface area contributed by atoms with Gasteiger partial charge in [-0.15, -0.1) is 4.91 Å². The Bertz CT molecular complexity index is 922. The Morgan fingerprint density at radius 3 is 2.61 bits per heavy atom. The quantitative estimate of drug-likeness (QED) is 0.278. The summed E-state index contributed by atoms with van der Waals surface area (Å²) in [5.41, 5.74) is 4.03. The lowest BCUT2D eigenvalue weighted by Gasteiger charge is -2.01. The molecule has 0 aliphatic heterocycles. The molecule has 0 radical (unpaired) electrons. The van der Waals surface area contributed by atoms with Crippen molar-refractivity contribution in [3.05, 3.63) is 107 Å². The molecule has 1 N–H and O–H groups in total. The van der Waals surface area contributed by atoms with Gasteiger partial charge in [0.1, 0.15) is 11.4 Å². The van der Waals surface area contributed by atoms with Gasteiger partial charge in [-0.25, -0.2) is 0 Å². The average Bonchev–Trinajstić information content (AvgIpc) is 2.67. The van der Waals surface area contributed by atoms with E-state index in [1.54, 1.807) is 24.3 Å². The fourth-order valence-electron chi connectivity index (χ4n) is 2.31. The fraction of sp³-hybridized carbons (Fsp3) is 0.125. The lowest BCUT2D eigenvalue weighted by molar-refractivity contribution is 0.476. The number of phenols is 1. The molecule has 0 spiro atoms. The van der Waals surface area contributed by atoms with Gasteiger partial charge in [0, 0.05) is 0 Å². The van der Waals surface area contributed by atoms with Crippen molar-refractivity contribution >= 4 is 11.8 Å². The number of benzene rings is 1. The third kappa shape index (κ3) is 7.67. The SMILES string of the molecule is C=C/C=C(C#N)\C(C)=C/C/C=C/C(=C)CC(=C)/C=C/c1ccc(N=O)c(O)c1. The van der Waals surface area contributed by atoms with E-state index in [1.807, 2.05) is 31.2 Å². The van der Waals surface area contributed by atoms with Crippen LogP contribution in [0.3, 0.4) is 0 Å². The summed E-state index contributed by atoms with van der Waals surface area (Å²) >= 11 is 0. The molecule has 0 heterocycles. The third-order valence-corrected chi connectivity index (χ3v) is 3.81. The van der Waals surface area contributed by atoms with Crippen LogP contribution in [0.15, 0.2) is 102 Å². The van der Waals surface area contributed by atoms with Crippen molar-refractivity contribution < 1.29 is 5.11 Å². The molecule has 0 fully saturated rings. The zero-order valence-corrected chi connectivity index (χ0v) is 16.1. The summed E-state index contributed by atoms with van der Waals surface area (Å²) in [6.07, 6.45) is 14.1. The Morgan fingerprint density at radius 2 is 2.00 bits per heavy atom. The summed E-state index contributed by atoms with van der Waals surface area (Å²) in [4.78, 5) is 10.5. The molecule has 0 aliphatic carbocycles. The minimum atomic E-state index is -0.152. The molecule has 4 heteroatoms. The van der Waals surface area contributed by atoms with E-state index < -0.39 is 0 Å². The van der Waals surface area contributed by atoms with Crippen molar-refractivity contribution in [1.29, 1.82) is 5.26 Å². The number of phenolic OH excluding ortho intramolecular Hbond substituents is 1. The van der Waals surface area contributed by atoms with Crippen LogP contribution in [0.4, 0.5) is 5.69 Å². The standard InChI is InChI=1S/C24H24N2O2/c1-5-8-22(17-25)20(4)10-7-6-9-18(2)15-19(3)11-12-21-13-14-23(26-28)24(27)16-21/h5-6,8-14,16,27H,1-3,7,15H2,4H3/b9-6+,12-11+,20-10-,22-8-. The molecular formula is C24H24N2O2. The second-order valence-corrected chi connectivity index (χ2v) is 6.12. The molecule has 0 saturated carbocycles. The maximum absolute atomic E-state index is 10.5. The first-order valence-corrected chi connectivity index (χ1v) is 8.67. The van der Waals surface area contributed by atoms with Gasteiger partial charge in [0.25, 0.3) is 0 Å². The predicted molar refractivity (Wildman–Crippen MR) is 117 cm³/mol. The van der Waals surface area contributed by atoms with Crippen LogP contribution in [0.2, 0.25) is 0 Å². The van der Waals surface area contributed by atoms with Crippen LogP contribution in [-0.2, 0) is 0 Å². The van der Waals surface area contributed by atoms with Crippen molar-refractivity contribution in [3.8, 4) is 11.8 Å². The topological polar surface area (TPSA) is 73.5 Å². The predicted octanol–water partition coefficient (Wildman–Crippen LogP) is 6.83. The maximum Gasteiger partial charge on any atom is 0.149 e. The average molecular weight is 372 g/mol. The molecule has 1 aromatic rings. The summed E-state index contributed by atoms with van der Waals surface area (Å²) in [5, 5.41) is 21.4. The van der Waals surface area contributed by atoms with E-state index in [0.717, 1.165) is 22.3 Å². The van der Waals surface area contributed by atoms with E-state index in [0.29, 0.717) is 18.4 Å². The first-order chi connectivity index (χ1) is 13.4. The van der Waals surface area contributed by atoms with Gasteiger partial charge in [-0.1, -0.05) is 73.4 Å². The van der Waals surface area contributed by atoms with Gasteiger partial charge in [0.2, 0.25) is 0 Å². The molecule has 28 heavy (non-hydrogen) atoms. The molecule has 1 rings (SSSR count). The van der Waals surface area contributed by atoms with Crippen molar-refractivity contribution in [2.75, 3.05) is 0 Å². The molecule has 0 unspecified atom stereocenters. The molecular weight excluding hydrogens is 348 g/mol. The summed E-state index contributed by atoms with van der Waals surface area (Å²) in [6, 6.07) is 6.77. The summed E-state index contributed by atoms with van der Waals surface area (Å²) < 4.78 is 0. The number of nitroso groups, excluding NO2 is 1. The molecule has 1 aromatic carbocycles. The number of hydrogen-bond donors (Lipinski definition) is 1. The van der Waals surface area contributed by atoms with Crippen LogP contribution in [-0.4, -0.2) is 5.11 Å². The summed E-state index contributed by atoms with van der Waals surface area (Å²) in [7, 11) is 0. The van der Waals surface area contributed by atoms with E-state index in [1.165, 1.54) is 12.1 Å². The van der Waals surface area contributed by atoms with Gasteiger partial charge in [-0.3, -0.25) is 0 Å². The number of rotatable bonds is 10. The number of nitrogens with zero attached hydrogens (tertiary/aromatic N) is 2. The van der Waals surface area contributed by atoms with Crippen molar-refractivity contribution in [1.82, 2.24) is 0 Å². The first-order valence-electron chi connectivity index (χ1n) is 8.67. The monoisotopic (exact) mass is 372 g/mol. The van der Waals surface area contributed by atoms with Crippen LogP contribution < -0.4 is 0 Å². The Morgan fingerprint density at radius 1 is 1.29 bits per heavy atom. The van der Waals surface area contributed by atoms with Crippen LogP contribution in [0.1, 0.15) is 25.3 Å². The highest BCUT2D eigenvalue weighted by atomic mass is 16.3. The molecule has 0 aromatic heterocycles. The second-order valence-electron chi connectivity index (χ2n) is 6.12. The Labute approximate surface area is 166 Å². The van der Waals surface area contributed by atoms with E-state index in [2.05, 4.69) is 31.0 Å². The molecule has 4 nitrogen and oxygen atoms in total. The second kappa shape index (κ2) is 11.8. The molecule has 0 bridgehead atoms. The largest absolute Gasteiger partial charge is 0.506 e. The molecule has 0 saturated heterocycles. The highest BCUT2D eigenvalue weighted by Gasteiger charge is 2.01. The highest BCUT2D eigenvalue weighted by molar-refractivity contribution is 5.61. The fourth-order valence-corrected chi connectivity index (χ4v) is 2.31. The third-order valence-electron chi connectivity index (χ3n) is 3.81. The minimum absolute atomic E-state index is 0.0145. The van der Waals surface area contributed by atoms with Crippen LogP contribution in [0.5, 0.6) is 5.75 Å². The number of aromatic hydroxyl groups is 1. The molecule has 0 atom stereocenters. The van der Waals surface area contributed by atoms with Gasteiger partial charge in [-0.2, -0.15) is 5.26 Å². The summed E-state index contributed by atoms with van der Waals surface area (Å²) in [6.45, 7) is 13.5. The highest BCUT2D eigenvalue weighted by Crippen LogP contribution is 2.27. The lowest BCUT2D eigenvalue weighted by atomic mass is 10.0. The van der Waals surface area contributed by atoms with E-state index in [4.69, 9.17) is 5.26 Å². The first kappa shape index (κ1) is 22.3. The van der Waals surface area contributed by atoms with Crippen molar-refractivity contribution in [3.63, 3.8) is 0 Å². The Kier molecular flexibility index (Phi) is 9.43. The van der Waals surface area contributed by atoms with Gasteiger partial charge < -0.3 is 5.11 Å². The number of nitriles is 1. The zero-order valence-electron chi connectivity index (χ0n) is 16.1. The lowest BCUT2D eigenvalue weighted by Crippen LogP contribution is -1.82. The van der Waals surface area contributed by atoms with E-state index >= 15 is 0 Å². The number of hydrogen-bond acceptors (Lipinski definition) is 4.